The maximum absolute atomic E-state index is 8.49. The molecular weight excluding hydrogens is 338 g/mol. The largest absolute Gasteiger partial charge is 0.222 e. The highest BCUT2D eigenvalue weighted by Crippen LogP contribution is 2.19. The van der Waals surface area contributed by atoms with E-state index in [1.165, 1.54) is 16.0 Å². The molecule has 7 heteroatoms. The smallest absolute Gasteiger partial charge is 0.178 e. The van der Waals surface area contributed by atoms with Crippen molar-refractivity contribution in [2.45, 2.75) is 19.2 Å². The average molecular weight is 356 g/mol. The van der Waals surface area contributed by atoms with Gasteiger partial charge in [-0.05, 0) is 18.1 Å². The summed E-state index contributed by atoms with van der Waals surface area (Å²) in [6.45, 7) is 7.10. The fourth-order valence-corrected chi connectivity index (χ4v) is 2.45. The predicted molar refractivity (Wildman–Crippen MR) is 78.3 cm³/mol. The number of pyridine rings is 1. The van der Waals surface area contributed by atoms with Crippen molar-refractivity contribution in [2.75, 3.05) is 0 Å². The highest BCUT2D eigenvalue weighted by atomic mass is 35.7. The van der Waals surface area contributed by atoms with Gasteiger partial charge >= 0.3 is 0 Å². The summed E-state index contributed by atoms with van der Waals surface area (Å²) in [7, 11) is -4.94. The van der Waals surface area contributed by atoms with Crippen molar-refractivity contribution in [1.29, 1.82) is 0 Å². The van der Waals surface area contributed by atoms with E-state index in [0.29, 0.717) is 0 Å². The van der Waals surface area contributed by atoms with Crippen LogP contribution in [0, 0.1) is 17.2 Å². The number of allylic oxidation sites excluding steroid dienone is 1. The number of aryl methyl sites for hydroxylation is 1. The van der Waals surface area contributed by atoms with Gasteiger partial charge in [-0.1, -0.05) is 36.9 Å². The van der Waals surface area contributed by atoms with Crippen LogP contribution in [-0.4, -0.2) is 0 Å². The maximum Gasteiger partial charge on any atom is 0.178 e. The molecule has 1 aromatic heterocycles. The first kappa shape index (κ1) is 19.6. The van der Waals surface area contributed by atoms with E-state index in [1.54, 1.807) is 0 Å². The Labute approximate surface area is 142 Å². The van der Waals surface area contributed by atoms with E-state index >= 15 is 0 Å². The maximum atomic E-state index is 8.49. The first-order chi connectivity index (χ1) is 10.7. The number of hydrogen-bond acceptors (Lipinski definition) is 5. The molecular formula is C16H18ClNO4S. The molecule has 0 aliphatic heterocycles. The first-order valence-corrected chi connectivity index (χ1v) is 8.88. The van der Waals surface area contributed by atoms with Gasteiger partial charge in [-0.3, -0.25) is 0 Å². The molecule has 5 nitrogen and oxygen atoms in total. The van der Waals surface area contributed by atoms with Crippen LogP contribution in [0.3, 0.4) is 0 Å². The second kappa shape index (κ2) is 9.67. The van der Waals surface area contributed by atoms with Crippen molar-refractivity contribution in [1.82, 2.24) is 0 Å². The van der Waals surface area contributed by atoms with Gasteiger partial charge in [0.05, 0.1) is 0 Å². The monoisotopic (exact) mass is 355 g/mol. The number of benzene rings is 1. The molecule has 1 aromatic carbocycles. The molecule has 0 bridgehead atoms. The Hall–Kier alpha value is -1.41. The van der Waals surface area contributed by atoms with Crippen molar-refractivity contribution >= 4 is 11.8 Å². The molecule has 0 aliphatic rings. The zero-order chi connectivity index (χ0) is 17.3. The van der Waals surface area contributed by atoms with E-state index < -0.39 is 10.2 Å². The van der Waals surface area contributed by atoms with Gasteiger partial charge in [0.15, 0.2) is 18.9 Å². The van der Waals surface area contributed by atoms with Crippen LogP contribution in [-0.2, 0) is 12.3 Å². The Morgan fingerprint density at radius 1 is 1.04 bits per heavy atom. The van der Waals surface area contributed by atoms with Gasteiger partial charge in [-0.15, -0.1) is 22.0 Å². The number of thioether (sulfide) groups is 1. The zero-order valence-corrected chi connectivity index (χ0v) is 14.3. The molecule has 0 N–H and O–H groups in total. The molecule has 0 aliphatic carbocycles. The number of nitrogens with zero attached hydrogens (tertiary/aromatic N) is 1. The number of aromatic nitrogens is 1. The lowest BCUT2D eigenvalue weighted by Gasteiger charge is -2.17. The molecule has 1 heterocycles. The topological polar surface area (TPSA) is 96.1 Å². The Kier molecular flexibility index (Phi) is 8.25. The summed E-state index contributed by atoms with van der Waals surface area (Å²) in [4.78, 5) is 1.19. The molecule has 0 atom stereocenters. The number of rotatable bonds is 5. The Morgan fingerprint density at radius 3 is 2.09 bits per heavy atom. The van der Waals surface area contributed by atoms with Gasteiger partial charge in [0.2, 0.25) is 0 Å². The molecule has 0 saturated carbocycles. The van der Waals surface area contributed by atoms with Crippen LogP contribution in [0.1, 0.15) is 11.1 Å². The molecule has 2 rings (SSSR count). The van der Waals surface area contributed by atoms with Crippen molar-refractivity contribution in [3.05, 3.63) is 77.5 Å². The quantitative estimate of drug-likeness (QED) is 0.639. The van der Waals surface area contributed by atoms with E-state index in [9.17, 15) is 0 Å². The fraction of sp³-hybridized carbons (Fsp3) is 0.188. The standard InChI is InChI=1S/C16H18NS.ClHO4/c1-14-8-10-17(11-9-14)12-15(2)18-13-16-6-4-3-5-7-16;2-1(3,4)5/h3-11H,2,12-13H2,1H3;(H,2,3,4,5)/q+1;/p-1. The molecule has 0 saturated heterocycles. The predicted octanol–water partition coefficient (Wildman–Crippen LogP) is -1.03. The second-order valence-corrected chi connectivity index (χ2v) is 6.65. The van der Waals surface area contributed by atoms with Crippen molar-refractivity contribution in [3.8, 4) is 0 Å². The molecule has 0 spiro atoms. The lowest BCUT2D eigenvalue weighted by molar-refractivity contribution is -2.00. The Bertz CT molecular complexity index is 594. The Morgan fingerprint density at radius 2 is 1.57 bits per heavy atom. The molecule has 0 radical (unpaired) electrons. The lowest BCUT2D eigenvalue weighted by Crippen LogP contribution is -2.68. The molecule has 0 unspecified atom stereocenters. The lowest BCUT2D eigenvalue weighted by atomic mass is 10.2. The van der Waals surface area contributed by atoms with E-state index in [4.69, 9.17) is 18.6 Å². The van der Waals surface area contributed by atoms with Crippen LogP contribution in [0.5, 0.6) is 0 Å². The minimum atomic E-state index is -4.94. The highest BCUT2D eigenvalue weighted by Gasteiger charge is 2.04. The van der Waals surface area contributed by atoms with Gasteiger partial charge in [0.25, 0.3) is 0 Å². The SMILES string of the molecule is C=C(C[n+]1ccc(C)cc1)SCc1ccccc1.[O-][Cl+3]([O-])([O-])[O-]. The van der Waals surface area contributed by atoms with Crippen molar-refractivity contribution in [2.24, 2.45) is 0 Å². The summed E-state index contributed by atoms with van der Waals surface area (Å²) in [5, 5.41) is 0. The third-order valence-corrected chi connectivity index (χ3v) is 3.72. The van der Waals surface area contributed by atoms with Gasteiger partial charge in [0, 0.05) is 22.8 Å². The highest BCUT2D eigenvalue weighted by molar-refractivity contribution is 8.02. The summed E-state index contributed by atoms with van der Waals surface area (Å²) in [5.74, 6) is 0.992. The van der Waals surface area contributed by atoms with Gasteiger partial charge in [-0.2, -0.15) is 0 Å². The summed E-state index contributed by atoms with van der Waals surface area (Å²) >= 11 is 1.81. The second-order valence-electron chi connectivity index (χ2n) is 4.74. The third-order valence-electron chi connectivity index (χ3n) is 2.70. The fourth-order valence-electron chi connectivity index (χ4n) is 1.65. The zero-order valence-electron chi connectivity index (χ0n) is 12.7. The van der Waals surface area contributed by atoms with Gasteiger partial charge in [-0.25, -0.2) is 23.2 Å². The van der Waals surface area contributed by atoms with Crippen LogP contribution in [0.2, 0.25) is 0 Å². The first-order valence-electron chi connectivity index (χ1n) is 6.66. The molecule has 0 fully saturated rings. The average Bonchev–Trinajstić information content (AvgIpc) is 2.47. The summed E-state index contributed by atoms with van der Waals surface area (Å²) < 4.78 is 36.1. The van der Waals surface area contributed by atoms with Crippen LogP contribution in [0.4, 0.5) is 0 Å². The van der Waals surface area contributed by atoms with Crippen molar-refractivity contribution in [3.63, 3.8) is 0 Å². The van der Waals surface area contributed by atoms with Crippen molar-refractivity contribution < 1.29 is 33.4 Å². The van der Waals surface area contributed by atoms with E-state index in [0.717, 1.165) is 12.3 Å². The normalized spacial score (nSPS) is 10.7. The van der Waals surface area contributed by atoms with Crippen LogP contribution in [0.15, 0.2) is 66.3 Å². The molecule has 2 aromatic rings. The molecule has 124 valence electrons. The van der Waals surface area contributed by atoms with E-state index in [-0.39, 0.29) is 0 Å². The third kappa shape index (κ3) is 10.9. The van der Waals surface area contributed by atoms with Gasteiger partial charge in [0.1, 0.15) is 0 Å². The summed E-state index contributed by atoms with van der Waals surface area (Å²) in [6, 6.07) is 14.7. The molecule has 0 amide bonds. The number of halogens is 1. The van der Waals surface area contributed by atoms with Gasteiger partial charge < -0.3 is 0 Å². The summed E-state index contributed by atoms with van der Waals surface area (Å²) in [5.41, 5.74) is 2.63. The van der Waals surface area contributed by atoms with E-state index in [1.807, 2.05) is 17.8 Å². The van der Waals surface area contributed by atoms with Crippen LogP contribution >= 0.6 is 11.8 Å². The number of hydrogen-bond donors (Lipinski definition) is 0. The van der Waals surface area contributed by atoms with E-state index in [2.05, 4.69) is 66.9 Å². The van der Waals surface area contributed by atoms with Crippen LogP contribution < -0.4 is 23.2 Å². The van der Waals surface area contributed by atoms with Crippen LogP contribution in [0.25, 0.3) is 0 Å². The minimum absolute atomic E-state index is 0.873. The Balaban J connectivity index is 0.000000463. The molecule has 23 heavy (non-hydrogen) atoms. The summed E-state index contributed by atoms with van der Waals surface area (Å²) in [6.07, 6.45) is 4.20. The minimum Gasteiger partial charge on any atom is -0.222 e.